The van der Waals surface area contributed by atoms with Crippen molar-refractivity contribution in [2.45, 2.75) is 62.9 Å². The molecule has 0 unspecified atom stereocenters. The molecule has 3 aliphatic rings. The van der Waals surface area contributed by atoms with Crippen LogP contribution in [0.2, 0.25) is 0 Å². The van der Waals surface area contributed by atoms with Gasteiger partial charge in [-0.1, -0.05) is 5.16 Å². The maximum Gasteiger partial charge on any atom is 0.273 e. The van der Waals surface area contributed by atoms with Crippen LogP contribution in [0.15, 0.2) is 10.6 Å². The van der Waals surface area contributed by atoms with Gasteiger partial charge in [-0.05, 0) is 45.6 Å². The second-order valence-corrected chi connectivity index (χ2v) is 8.87. The van der Waals surface area contributed by atoms with E-state index in [2.05, 4.69) is 32.6 Å². The summed E-state index contributed by atoms with van der Waals surface area (Å²) in [4.78, 5) is 29.3. The van der Waals surface area contributed by atoms with Crippen LogP contribution in [-0.4, -0.2) is 78.6 Å². The van der Waals surface area contributed by atoms with Crippen LogP contribution >= 0.6 is 0 Å². The SMILES string of the molecule is CN1CCN(CCC(=O)NC2CCC(NC(=O)c3cc(C4CC4)on3)CC2)CC1. The number of piperazine rings is 1. The Kier molecular flexibility index (Phi) is 6.50. The topological polar surface area (TPSA) is 90.7 Å². The first-order chi connectivity index (χ1) is 14.1. The van der Waals surface area contributed by atoms with Crippen molar-refractivity contribution >= 4 is 11.8 Å². The van der Waals surface area contributed by atoms with Crippen LogP contribution in [0.5, 0.6) is 0 Å². The molecule has 0 aromatic carbocycles. The summed E-state index contributed by atoms with van der Waals surface area (Å²) in [7, 11) is 2.14. The zero-order valence-electron chi connectivity index (χ0n) is 17.4. The number of amides is 2. The fourth-order valence-corrected chi connectivity index (χ4v) is 4.23. The molecule has 8 nitrogen and oxygen atoms in total. The van der Waals surface area contributed by atoms with E-state index >= 15 is 0 Å². The second kappa shape index (κ2) is 9.26. The quantitative estimate of drug-likeness (QED) is 0.714. The zero-order valence-corrected chi connectivity index (χ0v) is 17.4. The van der Waals surface area contributed by atoms with Gasteiger partial charge in [0, 0.05) is 63.2 Å². The second-order valence-electron chi connectivity index (χ2n) is 8.87. The minimum absolute atomic E-state index is 0.141. The van der Waals surface area contributed by atoms with Crippen LogP contribution in [0.3, 0.4) is 0 Å². The molecule has 8 heteroatoms. The van der Waals surface area contributed by atoms with E-state index in [0.717, 1.165) is 77.0 Å². The van der Waals surface area contributed by atoms with Gasteiger partial charge in [0.1, 0.15) is 5.76 Å². The van der Waals surface area contributed by atoms with Gasteiger partial charge >= 0.3 is 0 Å². The van der Waals surface area contributed by atoms with Crippen molar-refractivity contribution in [3.63, 3.8) is 0 Å². The summed E-state index contributed by atoms with van der Waals surface area (Å²) in [5.41, 5.74) is 0.381. The van der Waals surface area contributed by atoms with Crippen molar-refractivity contribution in [3.8, 4) is 0 Å². The molecule has 0 bridgehead atoms. The summed E-state index contributed by atoms with van der Waals surface area (Å²) in [5, 5.41) is 10.2. The lowest BCUT2D eigenvalue weighted by Crippen LogP contribution is -2.46. The third-order valence-electron chi connectivity index (χ3n) is 6.42. The van der Waals surface area contributed by atoms with Crippen molar-refractivity contribution < 1.29 is 14.1 Å². The Morgan fingerprint density at radius 2 is 1.69 bits per heavy atom. The van der Waals surface area contributed by atoms with Gasteiger partial charge in [0.2, 0.25) is 5.91 Å². The normalized spacial score (nSPS) is 26.2. The molecule has 1 aromatic rings. The fraction of sp³-hybridized carbons (Fsp3) is 0.762. The summed E-state index contributed by atoms with van der Waals surface area (Å²) in [6.45, 7) is 5.08. The van der Waals surface area contributed by atoms with Crippen molar-refractivity contribution in [1.82, 2.24) is 25.6 Å². The third kappa shape index (κ3) is 5.79. The molecule has 2 heterocycles. The molecule has 2 aliphatic carbocycles. The van der Waals surface area contributed by atoms with Crippen LogP contribution in [0.1, 0.15) is 67.1 Å². The molecule has 160 valence electrons. The molecular weight excluding hydrogens is 370 g/mol. The van der Waals surface area contributed by atoms with E-state index in [9.17, 15) is 9.59 Å². The van der Waals surface area contributed by atoms with Gasteiger partial charge in [0.25, 0.3) is 5.91 Å². The lowest BCUT2D eigenvalue weighted by molar-refractivity contribution is -0.122. The van der Waals surface area contributed by atoms with Crippen LogP contribution in [0.4, 0.5) is 0 Å². The maximum atomic E-state index is 12.4. The molecule has 29 heavy (non-hydrogen) atoms. The number of likely N-dealkylation sites (N-methyl/N-ethyl adjacent to an activating group) is 1. The van der Waals surface area contributed by atoms with Crippen LogP contribution in [0.25, 0.3) is 0 Å². The molecule has 3 fully saturated rings. The zero-order chi connectivity index (χ0) is 20.2. The van der Waals surface area contributed by atoms with Gasteiger partial charge in [-0.25, -0.2) is 0 Å². The number of aromatic nitrogens is 1. The number of hydrogen-bond acceptors (Lipinski definition) is 6. The minimum atomic E-state index is -0.152. The molecule has 1 aliphatic heterocycles. The molecule has 0 radical (unpaired) electrons. The van der Waals surface area contributed by atoms with Crippen LogP contribution < -0.4 is 10.6 Å². The Morgan fingerprint density at radius 3 is 2.34 bits per heavy atom. The largest absolute Gasteiger partial charge is 0.360 e. The summed E-state index contributed by atoms with van der Waals surface area (Å²) >= 11 is 0. The lowest BCUT2D eigenvalue weighted by Gasteiger charge is -2.32. The first kappa shape index (κ1) is 20.3. The van der Waals surface area contributed by atoms with Crippen LogP contribution in [0, 0.1) is 0 Å². The highest BCUT2D eigenvalue weighted by molar-refractivity contribution is 5.92. The van der Waals surface area contributed by atoms with Gasteiger partial charge in [0.15, 0.2) is 5.69 Å². The van der Waals surface area contributed by atoms with Crippen molar-refractivity contribution in [1.29, 1.82) is 0 Å². The van der Waals surface area contributed by atoms with E-state index in [1.165, 1.54) is 0 Å². The summed E-state index contributed by atoms with van der Waals surface area (Å²) in [5.74, 6) is 1.28. The smallest absolute Gasteiger partial charge is 0.273 e. The summed E-state index contributed by atoms with van der Waals surface area (Å²) < 4.78 is 5.27. The average molecular weight is 404 g/mol. The Balaban J connectivity index is 1.12. The summed E-state index contributed by atoms with van der Waals surface area (Å²) in [6, 6.07) is 2.14. The molecule has 1 aromatic heterocycles. The molecular formula is C21H33N5O3. The van der Waals surface area contributed by atoms with E-state index in [0.29, 0.717) is 18.0 Å². The maximum absolute atomic E-state index is 12.4. The van der Waals surface area contributed by atoms with Gasteiger partial charge in [-0.2, -0.15) is 0 Å². The van der Waals surface area contributed by atoms with Gasteiger partial charge in [-0.3, -0.25) is 9.59 Å². The standard InChI is InChI=1S/C21H33N5O3/c1-25-10-12-26(13-11-25)9-8-20(27)22-16-4-6-17(7-5-16)23-21(28)18-14-19(29-24-18)15-2-3-15/h14-17H,2-13H2,1H3,(H,22,27)(H,23,28). The van der Waals surface area contributed by atoms with E-state index in [1.807, 2.05) is 0 Å². The third-order valence-corrected chi connectivity index (χ3v) is 6.42. The predicted octanol–water partition coefficient (Wildman–Crippen LogP) is 1.35. The Bertz CT molecular complexity index is 701. The highest BCUT2D eigenvalue weighted by atomic mass is 16.5. The Labute approximate surface area is 172 Å². The number of nitrogens with zero attached hydrogens (tertiary/aromatic N) is 3. The van der Waals surface area contributed by atoms with E-state index in [1.54, 1.807) is 6.07 Å². The molecule has 2 N–H and O–H groups in total. The van der Waals surface area contributed by atoms with Crippen molar-refractivity contribution in [2.75, 3.05) is 39.8 Å². The van der Waals surface area contributed by atoms with Crippen molar-refractivity contribution in [3.05, 3.63) is 17.5 Å². The summed E-state index contributed by atoms with van der Waals surface area (Å²) in [6.07, 6.45) is 6.37. The Hall–Kier alpha value is -1.93. The number of carbonyl (C=O) groups excluding carboxylic acids is 2. The molecule has 0 spiro atoms. The lowest BCUT2D eigenvalue weighted by atomic mass is 9.91. The number of hydrogen-bond donors (Lipinski definition) is 2. The first-order valence-corrected chi connectivity index (χ1v) is 11.0. The van der Waals surface area contributed by atoms with Gasteiger partial charge in [0.05, 0.1) is 0 Å². The van der Waals surface area contributed by atoms with E-state index in [4.69, 9.17) is 4.52 Å². The van der Waals surface area contributed by atoms with E-state index in [-0.39, 0.29) is 23.9 Å². The molecule has 1 saturated heterocycles. The number of carbonyl (C=O) groups is 2. The molecule has 0 atom stereocenters. The fourth-order valence-electron chi connectivity index (χ4n) is 4.23. The van der Waals surface area contributed by atoms with Crippen LogP contribution in [-0.2, 0) is 4.79 Å². The minimum Gasteiger partial charge on any atom is -0.360 e. The average Bonchev–Trinajstić information content (AvgIpc) is 3.45. The first-order valence-electron chi connectivity index (χ1n) is 11.0. The van der Waals surface area contributed by atoms with Crippen molar-refractivity contribution in [2.24, 2.45) is 0 Å². The molecule has 4 rings (SSSR count). The monoisotopic (exact) mass is 403 g/mol. The highest BCUT2D eigenvalue weighted by Gasteiger charge is 2.30. The molecule has 2 amide bonds. The number of nitrogens with one attached hydrogen (secondary N) is 2. The highest BCUT2D eigenvalue weighted by Crippen LogP contribution is 2.40. The number of rotatable bonds is 7. The predicted molar refractivity (Wildman–Crippen MR) is 109 cm³/mol. The molecule has 2 saturated carbocycles. The van der Waals surface area contributed by atoms with Gasteiger partial charge in [-0.15, -0.1) is 0 Å². The van der Waals surface area contributed by atoms with Gasteiger partial charge < -0.3 is 25.0 Å². The Morgan fingerprint density at radius 1 is 1.03 bits per heavy atom. The van der Waals surface area contributed by atoms with E-state index < -0.39 is 0 Å².